The third-order valence-corrected chi connectivity index (χ3v) is 1.69. The smallest absolute Gasteiger partial charge is 0.115 e. The van der Waals surface area contributed by atoms with Crippen LogP contribution >= 0.6 is 0 Å². The van der Waals surface area contributed by atoms with E-state index in [4.69, 9.17) is 0 Å². The van der Waals surface area contributed by atoms with Crippen LogP contribution in [0.2, 0.25) is 0 Å². The molecule has 2 heteroatoms. The van der Waals surface area contributed by atoms with Gasteiger partial charge in [0, 0.05) is 6.04 Å². The average molecular weight is 117 g/mol. The van der Waals surface area contributed by atoms with Crippen LogP contribution in [0.1, 0.15) is 19.8 Å². The molecule has 1 fully saturated rings. The molecule has 1 aliphatic rings. The first-order valence-electron chi connectivity index (χ1n) is 3.22. The van der Waals surface area contributed by atoms with Crippen molar-refractivity contribution < 1.29 is 4.39 Å². The Morgan fingerprint density at radius 1 is 1.88 bits per heavy atom. The summed E-state index contributed by atoms with van der Waals surface area (Å²) in [7, 11) is 0. The van der Waals surface area contributed by atoms with Crippen LogP contribution in [-0.2, 0) is 0 Å². The van der Waals surface area contributed by atoms with Gasteiger partial charge in [-0.25, -0.2) is 4.39 Å². The van der Waals surface area contributed by atoms with Gasteiger partial charge in [0.05, 0.1) is 0 Å². The topological polar surface area (TPSA) is 12.0 Å². The highest BCUT2D eigenvalue weighted by molar-refractivity contribution is 4.83. The Morgan fingerprint density at radius 2 is 2.50 bits per heavy atom. The summed E-state index contributed by atoms with van der Waals surface area (Å²) < 4.78 is 12.5. The van der Waals surface area contributed by atoms with Crippen molar-refractivity contribution in [1.29, 1.82) is 0 Å². The van der Waals surface area contributed by atoms with E-state index in [0.29, 0.717) is 6.42 Å². The van der Waals surface area contributed by atoms with E-state index in [1.165, 1.54) is 0 Å². The van der Waals surface area contributed by atoms with E-state index in [0.717, 1.165) is 13.0 Å². The molecule has 8 heavy (non-hydrogen) atoms. The van der Waals surface area contributed by atoms with E-state index in [9.17, 15) is 4.39 Å². The summed E-state index contributed by atoms with van der Waals surface area (Å²) in [6, 6.07) is 0.181. The van der Waals surface area contributed by atoms with Crippen molar-refractivity contribution >= 4 is 0 Å². The highest BCUT2D eigenvalue weighted by atomic mass is 19.1. The maximum absolute atomic E-state index is 12.5. The summed E-state index contributed by atoms with van der Waals surface area (Å²) in [5, 5.41) is 3.02. The number of halogens is 1. The molecule has 0 aromatic heterocycles. The second kappa shape index (κ2) is 2.44. The minimum atomic E-state index is -0.608. The van der Waals surface area contributed by atoms with Gasteiger partial charge in [-0.15, -0.1) is 0 Å². The molecule has 1 rings (SSSR count). The van der Waals surface area contributed by atoms with E-state index >= 15 is 0 Å². The molecule has 48 valence electrons. The normalized spacial score (nSPS) is 31.5. The fourth-order valence-electron chi connectivity index (χ4n) is 0.904. The number of alkyl halides is 1. The van der Waals surface area contributed by atoms with E-state index < -0.39 is 6.17 Å². The predicted molar refractivity (Wildman–Crippen MR) is 31.6 cm³/mol. The minimum Gasteiger partial charge on any atom is -0.311 e. The van der Waals surface area contributed by atoms with Crippen molar-refractivity contribution in [3.63, 3.8) is 0 Å². The van der Waals surface area contributed by atoms with Gasteiger partial charge in [-0.2, -0.15) is 0 Å². The number of rotatable bonds is 2. The molecular formula is C6H12FN. The molecule has 1 heterocycles. The Morgan fingerprint density at radius 3 is 2.62 bits per heavy atom. The van der Waals surface area contributed by atoms with Crippen molar-refractivity contribution in [2.24, 2.45) is 0 Å². The quantitative estimate of drug-likeness (QED) is 0.571. The molecule has 0 spiro atoms. The number of hydrogen-bond donors (Lipinski definition) is 1. The summed E-state index contributed by atoms with van der Waals surface area (Å²) in [6.45, 7) is 2.88. The van der Waals surface area contributed by atoms with Crippen molar-refractivity contribution in [1.82, 2.24) is 5.32 Å². The minimum absolute atomic E-state index is 0.181. The summed E-state index contributed by atoms with van der Waals surface area (Å²) in [5.41, 5.74) is 0. The zero-order chi connectivity index (χ0) is 5.98. The molecule has 2 unspecified atom stereocenters. The summed E-state index contributed by atoms with van der Waals surface area (Å²) in [6.07, 6.45) is 1.07. The fraction of sp³-hybridized carbons (Fsp3) is 1.00. The van der Waals surface area contributed by atoms with Gasteiger partial charge < -0.3 is 5.32 Å². The molecule has 0 aromatic carbocycles. The number of nitrogens with one attached hydrogen (secondary N) is 1. The highest BCUT2D eigenvalue weighted by Crippen LogP contribution is 2.12. The van der Waals surface area contributed by atoms with Crippen LogP contribution in [0.25, 0.3) is 0 Å². The van der Waals surface area contributed by atoms with Gasteiger partial charge in [-0.1, -0.05) is 6.92 Å². The van der Waals surface area contributed by atoms with Crippen molar-refractivity contribution in [3.05, 3.63) is 0 Å². The average Bonchev–Trinajstić information content (AvgIpc) is 1.62. The van der Waals surface area contributed by atoms with E-state index in [1.807, 2.05) is 6.92 Å². The molecule has 0 amide bonds. The van der Waals surface area contributed by atoms with E-state index in [-0.39, 0.29) is 6.04 Å². The largest absolute Gasteiger partial charge is 0.311 e. The SMILES string of the molecule is CCC(F)C1CCN1. The standard InChI is InChI=1S/C6H12FN/c1-2-5(7)6-3-4-8-6/h5-6,8H,2-4H2,1H3. The Labute approximate surface area is 49.3 Å². The van der Waals surface area contributed by atoms with E-state index in [2.05, 4.69) is 5.32 Å². The monoisotopic (exact) mass is 117 g/mol. The van der Waals surface area contributed by atoms with Gasteiger partial charge in [0.1, 0.15) is 6.17 Å². The van der Waals surface area contributed by atoms with Crippen LogP contribution in [0.5, 0.6) is 0 Å². The van der Waals surface area contributed by atoms with Gasteiger partial charge in [-0.3, -0.25) is 0 Å². The Balaban J connectivity index is 2.13. The van der Waals surface area contributed by atoms with Crippen LogP contribution in [-0.4, -0.2) is 18.8 Å². The van der Waals surface area contributed by atoms with Gasteiger partial charge in [-0.05, 0) is 19.4 Å². The van der Waals surface area contributed by atoms with E-state index in [1.54, 1.807) is 0 Å². The zero-order valence-corrected chi connectivity index (χ0v) is 5.15. The van der Waals surface area contributed by atoms with Crippen LogP contribution in [0.3, 0.4) is 0 Å². The van der Waals surface area contributed by atoms with Crippen molar-refractivity contribution in [3.8, 4) is 0 Å². The fourth-order valence-corrected chi connectivity index (χ4v) is 0.904. The summed E-state index contributed by atoms with van der Waals surface area (Å²) in [5.74, 6) is 0. The molecule has 1 N–H and O–H groups in total. The van der Waals surface area contributed by atoms with Gasteiger partial charge in [0.15, 0.2) is 0 Å². The molecule has 0 bridgehead atoms. The molecule has 0 radical (unpaired) electrons. The second-order valence-corrected chi connectivity index (χ2v) is 2.27. The third-order valence-electron chi connectivity index (χ3n) is 1.69. The van der Waals surface area contributed by atoms with Crippen LogP contribution in [0.4, 0.5) is 4.39 Å². The van der Waals surface area contributed by atoms with Gasteiger partial charge in [0.2, 0.25) is 0 Å². The lowest BCUT2D eigenvalue weighted by molar-refractivity contribution is 0.187. The molecule has 2 atom stereocenters. The van der Waals surface area contributed by atoms with Crippen LogP contribution in [0, 0.1) is 0 Å². The molecule has 0 aliphatic carbocycles. The molecule has 0 aromatic rings. The first kappa shape index (κ1) is 6.02. The highest BCUT2D eigenvalue weighted by Gasteiger charge is 2.24. The third kappa shape index (κ3) is 0.996. The zero-order valence-electron chi connectivity index (χ0n) is 5.15. The molecule has 1 aliphatic heterocycles. The molecule has 1 nitrogen and oxygen atoms in total. The maximum Gasteiger partial charge on any atom is 0.115 e. The van der Waals surface area contributed by atoms with Crippen molar-refractivity contribution in [2.45, 2.75) is 32.0 Å². The lowest BCUT2D eigenvalue weighted by Crippen LogP contribution is -2.48. The first-order valence-corrected chi connectivity index (χ1v) is 3.22. The Kier molecular flexibility index (Phi) is 1.84. The second-order valence-electron chi connectivity index (χ2n) is 2.27. The lowest BCUT2D eigenvalue weighted by Gasteiger charge is -2.29. The van der Waals surface area contributed by atoms with Gasteiger partial charge in [0.25, 0.3) is 0 Å². The Bertz CT molecular complexity index is 68.2. The number of hydrogen-bond acceptors (Lipinski definition) is 1. The Hall–Kier alpha value is -0.110. The molecular weight excluding hydrogens is 105 g/mol. The molecule has 0 saturated carbocycles. The first-order chi connectivity index (χ1) is 3.84. The molecule has 1 saturated heterocycles. The van der Waals surface area contributed by atoms with Gasteiger partial charge >= 0.3 is 0 Å². The predicted octanol–water partition coefficient (Wildman–Crippen LogP) is 1.10. The van der Waals surface area contributed by atoms with Crippen LogP contribution < -0.4 is 5.32 Å². The van der Waals surface area contributed by atoms with Crippen molar-refractivity contribution in [2.75, 3.05) is 6.54 Å². The summed E-state index contributed by atoms with van der Waals surface area (Å²) >= 11 is 0. The summed E-state index contributed by atoms with van der Waals surface area (Å²) in [4.78, 5) is 0. The lowest BCUT2D eigenvalue weighted by atomic mass is 10.0. The maximum atomic E-state index is 12.5. The van der Waals surface area contributed by atoms with Crippen LogP contribution in [0.15, 0.2) is 0 Å².